The third kappa shape index (κ3) is 4.01. The Morgan fingerprint density at radius 1 is 1.00 bits per heavy atom. The maximum Gasteiger partial charge on any atom is 0.259 e. The Morgan fingerprint density at radius 2 is 1.83 bits per heavy atom. The van der Waals surface area contributed by atoms with Gasteiger partial charge in [0.1, 0.15) is 5.01 Å². The summed E-state index contributed by atoms with van der Waals surface area (Å²) in [5, 5.41) is 5.82. The summed E-state index contributed by atoms with van der Waals surface area (Å²) in [6.45, 7) is 0. The second-order valence-electron chi connectivity index (χ2n) is 6.36. The number of pyridine rings is 1. The lowest BCUT2D eigenvalue weighted by Crippen LogP contribution is -2.13. The van der Waals surface area contributed by atoms with E-state index in [9.17, 15) is 4.79 Å². The van der Waals surface area contributed by atoms with E-state index in [0.717, 1.165) is 21.8 Å². The highest BCUT2D eigenvalue weighted by atomic mass is 32.1. The maximum atomic E-state index is 12.8. The van der Waals surface area contributed by atoms with Crippen molar-refractivity contribution in [3.05, 3.63) is 77.9 Å². The van der Waals surface area contributed by atoms with Gasteiger partial charge in [-0.2, -0.15) is 0 Å². The van der Waals surface area contributed by atoms with Crippen LogP contribution in [0.25, 0.3) is 21.8 Å². The van der Waals surface area contributed by atoms with E-state index >= 15 is 0 Å². The predicted octanol–water partition coefficient (Wildman–Crippen LogP) is 5.14. The van der Waals surface area contributed by atoms with Crippen LogP contribution in [0.1, 0.15) is 10.4 Å². The number of para-hydroxylation sites is 1. The fraction of sp³-hybridized carbons (Fsp3) is 0.0870. The third-order valence-corrected chi connectivity index (χ3v) is 5.37. The number of methoxy groups -OCH3 is 2. The largest absolute Gasteiger partial charge is 0.493 e. The maximum absolute atomic E-state index is 12.8. The molecule has 30 heavy (non-hydrogen) atoms. The van der Waals surface area contributed by atoms with Crippen LogP contribution in [0, 0.1) is 0 Å². The Hall–Kier alpha value is -3.71. The van der Waals surface area contributed by atoms with Gasteiger partial charge < -0.3 is 14.8 Å². The van der Waals surface area contributed by atoms with E-state index in [0.29, 0.717) is 22.7 Å². The predicted molar refractivity (Wildman–Crippen MR) is 118 cm³/mol. The zero-order valence-electron chi connectivity index (χ0n) is 16.5. The summed E-state index contributed by atoms with van der Waals surface area (Å²) in [5.41, 5.74) is 3.79. The summed E-state index contributed by atoms with van der Waals surface area (Å²) in [6, 6.07) is 16.6. The molecule has 2 aromatic heterocycles. The van der Waals surface area contributed by atoms with Crippen molar-refractivity contribution in [1.29, 1.82) is 0 Å². The Morgan fingerprint density at radius 3 is 2.60 bits per heavy atom. The zero-order valence-corrected chi connectivity index (χ0v) is 17.3. The molecule has 0 saturated heterocycles. The molecule has 2 aromatic carbocycles. The molecule has 150 valence electrons. The number of nitrogens with one attached hydrogen (secondary N) is 1. The van der Waals surface area contributed by atoms with Crippen LogP contribution in [0.5, 0.6) is 11.5 Å². The van der Waals surface area contributed by atoms with E-state index in [1.807, 2.05) is 41.8 Å². The molecule has 0 fully saturated rings. The lowest BCUT2D eigenvalue weighted by atomic mass is 10.1. The number of anilines is 1. The minimum absolute atomic E-state index is 0.280. The first-order valence-electron chi connectivity index (χ1n) is 9.18. The van der Waals surface area contributed by atoms with Crippen LogP contribution in [0.2, 0.25) is 0 Å². The van der Waals surface area contributed by atoms with Gasteiger partial charge in [-0.05, 0) is 36.4 Å². The number of carbonyl (C=O) groups is 1. The molecular weight excluding hydrogens is 398 g/mol. The number of hydrogen-bond donors (Lipinski definition) is 1. The summed E-state index contributed by atoms with van der Waals surface area (Å²) < 4.78 is 10.6. The van der Waals surface area contributed by atoms with E-state index in [2.05, 4.69) is 10.3 Å². The molecule has 0 radical (unpaired) electrons. The molecule has 0 bridgehead atoms. The topological polar surface area (TPSA) is 73.3 Å². The lowest BCUT2D eigenvalue weighted by molar-refractivity contribution is 0.102. The molecule has 0 aliphatic heterocycles. The summed E-state index contributed by atoms with van der Waals surface area (Å²) in [6.07, 6.45) is 3.53. The third-order valence-electron chi connectivity index (χ3n) is 4.48. The first kappa shape index (κ1) is 19.6. The summed E-state index contributed by atoms with van der Waals surface area (Å²) in [5.74, 6) is 0.621. The number of ether oxygens (including phenoxy) is 2. The van der Waals surface area contributed by atoms with Crippen molar-refractivity contribution in [3.8, 4) is 33.3 Å². The number of thiazole rings is 1. The molecule has 1 N–H and O–H groups in total. The van der Waals surface area contributed by atoms with Crippen molar-refractivity contribution < 1.29 is 14.3 Å². The second-order valence-corrected chi connectivity index (χ2v) is 7.21. The molecule has 0 saturated carbocycles. The first-order chi connectivity index (χ1) is 14.7. The first-order valence-corrected chi connectivity index (χ1v) is 10.1. The van der Waals surface area contributed by atoms with Gasteiger partial charge in [0, 0.05) is 34.6 Å². The summed E-state index contributed by atoms with van der Waals surface area (Å²) in [7, 11) is 3.05. The van der Waals surface area contributed by atoms with Crippen LogP contribution >= 0.6 is 11.3 Å². The smallest absolute Gasteiger partial charge is 0.259 e. The molecule has 0 unspecified atom stereocenters. The van der Waals surface area contributed by atoms with Gasteiger partial charge in [0.05, 0.1) is 25.5 Å². The summed E-state index contributed by atoms with van der Waals surface area (Å²) >= 11 is 1.55. The van der Waals surface area contributed by atoms with Crippen molar-refractivity contribution in [3.63, 3.8) is 0 Å². The van der Waals surface area contributed by atoms with Gasteiger partial charge in [-0.15, -0.1) is 11.3 Å². The fourth-order valence-corrected chi connectivity index (χ4v) is 3.87. The molecule has 1 amide bonds. The van der Waals surface area contributed by atoms with Gasteiger partial charge >= 0.3 is 0 Å². The fourth-order valence-electron chi connectivity index (χ4n) is 3.05. The van der Waals surface area contributed by atoms with Crippen LogP contribution in [-0.4, -0.2) is 30.1 Å². The SMILES string of the molecule is COc1cccc(C(=O)Nc2cccc(-c3csc(-c4cccnc4)n3)c2)c1OC. The quantitative estimate of drug-likeness (QED) is 0.470. The van der Waals surface area contributed by atoms with E-state index in [1.165, 1.54) is 14.2 Å². The van der Waals surface area contributed by atoms with Crippen molar-refractivity contribution in [2.45, 2.75) is 0 Å². The van der Waals surface area contributed by atoms with Crippen molar-refractivity contribution >= 4 is 22.9 Å². The Bertz CT molecular complexity index is 1180. The standard InChI is InChI=1S/C23H19N3O3S/c1-28-20-10-4-9-18(21(20)29-2)22(27)25-17-8-3-6-15(12-17)19-14-30-23(26-19)16-7-5-11-24-13-16/h3-14H,1-2H3,(H,25,27). The normalized spacial score (nSPS) is 10.5. The van der Waals surface area contributed by atoms with Crippen molar-refractivity contribution in [2.75, 3.05) is 19.5 Å². The molecule has 4 aromatic rings. The van der Waals surface area contributed by atoms with E-state index in [1.54, 1.807) is 41.9 Å². The van der Waals surface area contributed by atoms with Crippen LogP contribution in [0.15, 0.2) is 72.4 Å². The number of nitrogens with zero attached hydrogens (tertiary/aromatic N) is 2. The highest BCUT2D eigenvalue weighted by Gasteiger charge is 2.17. The van der Waals surface area contributed by atoms with Crippen LogP contribution in [-0.2, 0) is 0 Å². The number of hydrogen-bond acceptors (Lipinski definition) is 6. The molecule has 7 heteroatoms. The van der Waals surface area contributed by atoms with E-state index in [-0.39, 0.29) is 5.91 Å². The molecule has 2 heterocycles. The Labute approximate surface area is 178 Å². The van der Waals surface area contributed by atoms with E-state index in [4.69, 9.17) is 14.5 Å². The number of aromatic nitrogens is 2. The van der Waals surface area contributed by atoms with Crippen molar-refractivity contribution in [2.24, 2.45) is 0 Å². The second kappa shape index (κ2) is 8.75. The molecule has 0 aliphatic carbocycles. The van der Waals surface area contributed by atoms with Gasteiger partial charge in [-0.1, -0.05) is 18.2 Å². The molecule has 0 atom stereocenters. The molecule has 0 aliphatic rings. The number of rotatable bonds is 6. The average Bonchev–Trinajstić information content (AvgIpc) is 3.29. The van der Waals surface area contributed by atoms with Crippen molar-refractivity contribution in [1.82, 2.24) is 9.97 Å². The minimum atomic E-state index is -0.280. The number of benzene rings is 2. The summed E-state index contributed by atoms with van der Waals surface area (Å²) in [4.78, 5) is 21.7. The minimum Gasteiger partial charge on any atom is -0.493 e. The number of amides is 1. The number of carbonyl (C=O) groups excluding carboxylic acids is 1. The Kier molecular flexibility index (Phi) is 5.72. The van der Waals surface area contributed by atoms with Crippen LogP contribution in [0.3, 0.4) is 0 Å². The molecule has 4 rings (SSSR count). The molecule has 0 spiro atoms. The van der Waals surface area contributed by atoms with Crippen LogP contribution in [0.4, 0.5) is 5.69 Å². The molecule has 6 nitrogen and oxygen atoms in total. The Balaban J connectivity index is 1.58. The van der Waals surface area contributed by atoms with Gasteiger partial charge in [0.2, 0.25) is 0 Å². The monoisotopic (exact) mass is 417 g/mol. The highest BCUT2D eigenvalue weighted by Crippen LogP contribution is 2.32. The van der Waals surface area contributed by atoms with Gasteiger partial charge in [-0.25, -0.2) is 4.98 Å². The van der Waals surface area contributed by atoms with Gasteiger partial charge in [-0.3, -0.25) is 9.78 Å². The molecular formula is C23H19N3O3S. The van der Waals surface area contributed by atoms with Gasteiger partial charge in [0.15, 0.2) is 11.5 Å². The van der Waals surface area contributed by atoms with E-state index < -0.39 is 0 Å². The average molecular weight is 417 g/mol. The lowest BCUT2D eigenvalue weighted by Gasteiger charge is -2.13. The van der Waals surface area contributed by atoms with Gasteiger partial charge in [0.25, 0.3) is 5.91 Å². The zero-order chi connectivity index (χ0) is 20.9. The highest BCUT2D eigenvalue weighted by molar-refractivity contribution is 7.13. The van der Waals surface area contributed by atoms with Crippen LogP contribution < -0.4 is 14.8 Å².